The standard InChI is InChI=1S/C56H35NOS/c1-2-12-37(13-3-1)44-19-10-20-48-51-34-39(28-33-53(51)58-55(44)48)36-24-29-41(30-25-36)57(52-22-11-21-49-47-18-8-9-23-54(47)59-56(49)52)42-31-26-38(27-32-42)50-35-40-14-4-5-15-43(40)45-16-6-7-17-46(45)50/h1-35H. The summed E-state index contributed by atoms with van der Waals surface area (Å²) < 4.78 is 9.07. The van der Waals surface area contributed by atoms with Crippen LogP contribution in [0.1, 0.15) is 0 Å². The zero-order valence-electron chi connectivity index (χ0n) is 32.0. The third-order valence-electron chi connectivity index (χ3n) is 11.9. The van der Waals surface area contributed by atoms with Crippen LogP contribution in [0.2, 0.25) is 0 Å². The fraction of sp³-hybridized carbons (Fsp3) is 0. The van der Waals surface area contributed by atoms with Crippen LogP contribution in [0, 0.1) is 0 Å². The molecule has 0 N–H and O–H groups in total. The average molecular weight is 770 g/mol. The maximum absolute atomic E-state index is 6.51. The number of furan rings is 1. The Morgan fingerprint density at radius 1 is 0.356 bits per heavy atom. The van der Waals surface area contributed by atoms with Gasteiger partial charge in [0.2, 0.25) is 0 Å². The van der Waals surface area contributed by atoms with E-state index < -0.39 is 0 Å². The normalized spacial score (nSPS) is 11.7. The van der Waals surface area contributed by atoms with E-state index in [4.69, 9.17) is 4.42 Å². The van der Waals surface area contributed by atoms with Crippen molar-refractivity contribution in [2.75, 3.05) is 4.90 Å². The van der Waals surface area contributed by atoms with Gasteiger partial charge >= 0.3 is 0 Å². The Bertz CT molecular complexity index is 3540. The van der Waals surface area contributed by atoms with Crippen molar-refractivity contribution in [3.05, 3.63) is 212 Å². The minimum Gasteiger partial charge on any atom is -0.455 e. The van der Waals surface area contributed by atoms with Gasteiger partial charge < -0.3 is 9.32 Å². The number of fused-ring (bicyclic) bond motifs is 9. The molecule has 2 nitrogen and oxygen atoms in total. The second-order valence-corrected chi connectivity index (χ2v) is 16.3. The minimum absolute atomic E-state index is 0.895. The van der Waals surface area contributed by atoms with Crippen LogP contribution >= 0.6 is 11.3 Å². The quantitative estimate of drug-likeness (QED) is 0.157. The average Bonchev–Trinajstić information content (AvgIpc) is 3.88. The van der Waals surface area contributed by atoms with E-state index >= 15 is 0 Å². The van der Waals surface area contributed by atoms with Crippen LogP contribution in [-0.4, -0.2) is 0 Å². The third kappa shape index (κ3) is 5.55. The van der Waals surface area contributed by atoms with Gasteiger partial charge in [-0.1, -0.05) is 158 Å². The van der Waals surface area contributed by atoms with E-state index in [1.165, 1.54) is 58.5 Å². The third-order valence-corrected chi connectivity index (χ3v) is 13.1. The van der Waals surface area contributed by atoms with Gasteiger partial charge in [0.05, 0.1) is 10.4 Å². The van der Waals surface area contributed by atoms with Crippen molar-refractivity contribution < 1.29 is 4.42 Å². The highest BCUT2D eigenvalue weighted by Gasteiger charge is 2.19. The molecule has 0 aliphatic rings. The summed E-state index contributed by atoms with van der Waals surface area (Å²) >= 11 is 1.86. The predicted octanol–water partition coefficient (Wildman–Crippen LogP) is 16.7. The van der Waals surface area contributed by atoms with E-state index in [9.17, 15) is 0 Å². The van der Waals surface area contributed by atoms with E-state index in [1.54, 1.807) is 0 Å². The van der Waals surface area contributed by atoms with E-state index in [-0.39, 0.29) is 0 Å². The van der Waals surface area contributed by atoms with Crippen molar-refractivity contribution >= 4 is 92.1 Å². The molecule has 0 spiro atoms. The molecule has 2 aromatic heterocycles. The summed E-state index contributed by atoms with van der Waals surface area (Å²) in [6.07, 6.45) is 0. The highest BCUT2D eigenvalue weighted by molar-refractivity contribution is 7.26. The second kappa shape index (κ2) is 13.6. The SMILES string of the molecule is c1ccc(-c2cccc3c2oc2ccc(-c4ccc(N(c5ccc(-c6cc7ccccc7c7ccccc67)cc5)c5cccc6c5sc5ccccc56)cc4)cc23)cc1. The van der Waals surface area contributed by atoms with Gasteiger partial charge in [-0.05, 0) is 104 Å². The molecule has 0 aliphatic carbocycles. The lowest BCUT2D eigenvalue weighted by Gasteiger charge is -2.26. The molecule has 10 aromatic carbocycles. The van der Waals surface area contributed by atoms with Gasteiger partial charge in [0.15, 0.2) is 0 Å². The monoisotopic (exact) mass is 769 g/mol. The molecule has 0 saturated carbocycles. The van der Waals surface area contributed by atoms with Crippen molar-refractivity contribution in [3.63, 3.8) is 0 Å². The Morgan fingerprint density at radius 3 is 1.78 bits per heavy atom. The lowest BCUT2D eigenvalue weighted by atomic mass is 9.93. The van der Waals surface area contributed by atoms with Crippen LogP contribution in [0.5, 0.6) is 0 Å². The zero-order valence-corrected chi connectivity index (χ0v) is 32.8. The molecular formula is C56H35NOS. The topological polar surface area (TPSA) is 16.4 Å². The fourth-order valence-corrected chi connectivity index (χ4v) is 10.3. The van der Waals surface area contributed by atoms with Gasteiger partial charge in [-0.25, -0.2) is 0 Å². The number of nitrogens with zero attached hydrogens (tertiary/aromatic N) is 1. The van der Waals surface area contributed by atoms with Crippen molar-refractivity contribution in [2.45, 2.75) is 0 Å². The van der Waals surface area contributed by atoms with E-state index in [1.807, 2.05) is 17.4 Å². The van der Waals surface area contributed by atoms with Crippen molar-refractivity contribution in [2.24, 2.45) is 0 Å². The number of anilines is 3. The number of rotatable bonds is 6. The number of benzene rings is 10. The predicted molar refractivity (Wildman–Crippen MR) is 253 cm³/mol. The zero-order chi connectivity index (χ0) is 38.9. The Labute approximate surface area is 345 Å². The largest absolute Gasteiger partial charge is 0.455 e. The fourth-order valence-electron chi connectivity index (χ4n) is 9.04. The molecule has 0 saturated heterocycles. The van der Waals surface area contributed by atoms with Gasteiger partial charge in [0.25, 0.3) is 0 Å². The number of para-hydroxylation sites is 1. The first-order valence-electron chi connectivity index (χ1n) is 20.1. The molecule has 276 valence electrons. The van der Waals surface area contributed by atoms with Crippen molar-refractivity contribution in [3.8, 4) is 33.4 Å². The van der Waals surface area contributed by atoms with E-state index in [0.717, 1.165) is 55.6 Å². The summed E-state index contributed by atoms with van der Waals surface area (Å²) in [5, 5.41) is 9.89. The highest BCUT2D eigenvalue weighted by Crippen LogP contribution is 2.46. The Morgan fingerprint density at radius 2 is 0.966 bits per heavy atom. The second-order valence-electron chi connectivity index (χ2n) is 15.2. The van der Waals surface area contributed by atoms with Crippen molar-refractivity contribution in [1.29, 1.82) is 0 Å². The lowest BCUT2D eigenvalue weighted by Crippen LogP contribution is -2.10. The highest BCUT2D eigenvalue weighted by atomic mass is 32.1. The number of thiophene rings is 1. The van der Waals surface area contributed by atoms with Crippen LogP contribution in [0.15, 0.2) is 217 Å². The van der Waals surface area contributed by atoms with Gasteiger partial charge in [0, 0.05) is 43.2 Å². The van der Waals surface area contributed by atoms with Gasteiger partial charge in [-0.15, -0.1) is 11.3 Å². The molecule has 0 bridgehead atoms. The summed E-state index contributed by atoms with van der Waals surface area (Å²) in [5.74, 6) is 0. The summed E-state index contributed by atoms with van der Waals surface area (Å²) in [5.41, 5.74) is 12.2. The summed E-state index contributed by atoms with van der Waals surface area (Å²) in [4.78, 5) is 2.42. The maximum atomic E-state index is 6.51. The molecular weight excluding hydrogens is 735 g/mol. The number of hydrogen-bond donors (Lipinski definition) is 0. The molecule has 2 heterocycles. The van der Waals surface area contributed by atoms with Gasteiger partial charge in [0.1, 0.15) is 11.2 Å². The maximum Gasteiger partial charge on any atom is 0.143 e. The summed E-state index contributed by atoms with van der Waals surface area (Å²) in [6.45, 7) is 0. The van der Waals surface area contributed by atoms with E-state index in [2.05, 4.69) is 211 Å². The van der Waals surface area contributed by atoms with Gasteiger partial charge in [-0.2, -0.15) is 0 Å². The first-order valence-corrected chi connectivity index (χ1v) is 20.9. The summed E-state index contributed by atoms with van der Waals surface area (Å²) in [7, 11) is 0. The van der Waals surface area contributed by atoms with E-state index in [0.29, 0.717) is 0 Å². The minimum atomic E-state index is 0.895. The van der Waals surface area contributed by atoms with Crippen molar-refractivity contribution in [1.82, 2.24) is 0 Å². The van der Waals surface area contributed by atoms with Crippen LogP contribution in [0.4, 0.5) is 17.1 Å². The molecule has 0 atom stereocenters. The molecule has 3 heteroatoms. The Kier molecular flexibility index (Phi) is 7.75. The number of hydrogen-bond acceptors (Lipinski definition) is 3. The molecule has 0 unspecified atom stereocenters. The smallest absolute Gasteiger partial charge is 0.143 e. The van der Waals surface area contributed by atoms with Gasteiger partial charge in [-0.3, -0.25) is 0 Å². The van der Waals surface area contributed by atoms with Crippen LogP contribution < -0.4 is 4.90 Å². The molecule has 59 heavy (non-hydrogen) atoms. The molecule has 12 aromatic rings. The van der Waals surface area contributed by atoms with Crippen LogP contribution in [0.3, 0.4) is 0 Å². The molecule has 0 radical (unpaired) electrons. The van der Waals surface area contributed by atoms with Crippen LogP contribution in [-0.2, 0) is 0 Å². The first kappa shape index (κ1) is 33.7. The Hall–Kier alpha value is -7.46. The lowest BCUT2D eigenvalue weighted by molar-refractivity contribution is 0.670. The van der Waals surface area contributed by atoms with Crippen LogP contribution in [0.25, 0.3) is 97.0 Å². The molecule has 0 amide bonds. The molecule has 12 rings (SSSR count). The summed E-state index contributed by atoms with van der Waals surface area (Å²) in [6, 6.07) is 76.9. The molecule has 0 aliphatic heterocycles. The first-order chi connectivity index (χ1) is 29.2. The molecule has 0 fully saturated rings. The Balaban J connectivity index is 0.973.